The monoisotopic (exact) mass is 891 g/mol. The van der Waals surface area contributed by atoms with Crippen molar-refractivity contribution in [2.45, 2.75) is 10.8 Å². The molecule has 328 valence electrons. The molecule has 0 spiro atoms. The van der Waals surface area contributed by atoms with Crippen LogP contribution in [0.15, 0.2) is 277 Å². The van der Waals surface area contributed by atoms with Crippen LogP contribution in [0.3, 0.4) is 0 Å². The number of para-hydroxylation sites is 1. The largest absolute Gasteiger partial charge is 0.455 e. The van der Waals surface area contributed by atoms with E-state index >= 15 is 0 Å². The first-order valence-electron chi connectivity index (χ1n) is 24.3. The molecule has 11 aromatic carbocycles. The second-order valence-corrected chi connectivity index (χ2v) is 18.6. The predicted octanol–water partition coefficient (Wildman–Crippen LogP) is 17.4. The first-order valence-corrected chi connectivity index (χ1v) is 24.3. The van der Waals surface area contributed by atoms with Crippen LogP contribution in [0.1, 0.15) is 44.5 Å². The van der Waals surface area contributed by atoms with Crippen molar-refractivity contribution in [3.63, 3.8) is 0 Å². The molecule has 0 fully saturated rings. The Labute approximate surface area is 408 Å². The zero-order valence-electron chi connectivity index (χ0n) is 38.3. The summed E-state index contributed by atoms with van der Waals surface area (Å²) in [6.45, 7) is 0. The van der Waals surface area contributed by atoms with Gasteiger partial charge in [0.15, 0.2) is 0 Å². The number of rotatable bonds is 8. The van der Waals surface area contributed by atoms with Crippen molar-refractivity contribution in [2.75, 3.05) is 4.90 Å². The molecule has 2 aliphatic carbocycles. The first kappa shape index (κ1) is 40.1. The molecule has 0 unspecified atom stereocenters. The second kappa shape index (κ2) is 15.8. The maximum absolute atomic E-state index is 7.40. The van der Waals surface area contributed by atoms with Gasteiger partial charge in [-0.05, 0) is 109 Å². The molecule has 1 aromatic heterocycles. The van der Waals surface area contributed by atoms with Crippen LogP contribution in [-0.2, 0) is 10.8 Å². The molecule has 0 saturated heterocycles. The highest BCUT2D eigenvalue weighted by atomic mass is 16.3. The fourth-order valence-electron chi connectivity index (χ4n) is 12.5. The summed E-state index contributed by atoms with van der Waals surface area (Å²) >= 11 is 0. The Balaban J connectivity index is 1.05. The standard InChI is InChI=1S/C68H45NO/c1-6-23-46(24-7-1)53-37-21-40-59-63(53)65-60(67(59,47-25-8-2-9-26-47)48-27-10-3-11-28-48)44-43-56-64-61(41-22-42-62(64)70-66(56)65)69(51-32-14-5-15-33-51)52-34-20-31-50(45-52)68(49-29-12-4-13-30-49)57-38-18-16-35-54(57)55-36-17-19-39-58(55)68/h1-45H. The summed E-state index contributed by atoms with van der Waals surface area (Å²) in [6, 6.07) is 100. The van der Waals surface area contributed by atoms with E-state index in [0.717, 1.165) is 44.6 Å². The van der Waals surface area contributed by atoms with Crippen molar-refractivity contribution in [1.29, 1.82) is 0 Å². The molecule has 14 rings (SSSR count). The molecule has 0 amide bonds. The molecule has 0 atom stereocenters. The third-order valence-corrected chi connectivity index (χ3v) is 15.2. The molecule has 0 saturated carbocycles. The number of fused-ring (bicyclic) bond motifs is 10. The van der Waals surface area contributed by atoms with Crippen molar-refractivity contribution in [1.82, 2.24) is 0 Å². The van der Waals surface area contributed by atoms with Crippen LogP contribution in [0, 0.1) is 0 Å². The zero-order chi connectivity index (χ0) is 46.2. The zero-order valence-corrected chi connectivity index (χ0v) is 38.3. The van der Waals surface area contributed by atoms with Gasteiger partial charge >= 0.3 is 0 Å². The van der Waals surface area contributed by atoms with E-state index in [4.69, 9.17) is 4.42 Å². The van der Waals surface area contributed by atoms with Crippen LogP contribution in [0.4, 0.5) is 17.1 Å². The van der Waals surface area contributed by atoms with Gasteiger partial charge in [0.25, 0.3) is 0 Å². The quantitative estimate of drug-likeness (QED) is 0.151. The minimum absolute atomic E-state index is 0.546. The molecule has 1 heterocycles. The van der Waals surface area contributed by atoms with Crippen molar-refractivity contribution < 1.29 is 4.42 Å². The van der Waals surface area contributed by atoms with Crippen molar-refractivity contribution in [3.05, 3.63) is 317 Å². The predicted molar refractivity (Wildman–Crippen MR) is 288 cm³/mol. The van der Waals surface area contributed by atoms with Crippen molar-refractivity contribution in [2.24, 2.45) is 0 Å². The van der Waals surface area contributed by atoms with E-state index in [1.54, 1.807) is 0 Å². The van der Waals surface area contributed by atoms with Crippen LogP contribution in [-0.4, -0.2) is 0 Å². The number of benzene rings is 11. The molecular weight excluding hydrogens is 847 g/mol. The van der Waals surface area contributed by atoms with E-state index in [2.05, 4.69) is 278 Å². The third kappa shape index (κ3) is 5.62. The van der Waals surface area contributed by atoms with Crippen LogP contribution in [0.25, 0.3) is 55.3 Å². The SMILES string of the molecule is c1ccc(-c2cccc3c2-c2c(ccc4c2oc2cccc(N(c5ccccc5)c5cccc(C6(c7ccccc7)c7ccccc7-c7ccccc76)c5)c24)C3(c2ccccc2)c2ccccc2)cc1. The van der Waals surface area contributed by atoms with Gasteiger partial charge < -0.3 is 9.32 Å². The molecule has 2 heteroatoms. The number of furan rings is 1. The second-order valence-electron chi connectivity index (χ2n) is 18.6. The Morgan fingerprint density at radius 3 is 1.40 bits per heavy atom. The minimum atomic E-state index is -0.601. The van der Waals surface area contributed by atoms with Gasteiger partial charge in [0.2, 0.25) is 0 Å². The molecule has 0 aliphatic heterocycles. The van der Waals surface area contributed by atoms with Crippen molar-refractivity contribution in [3.8, 4) is 33.4 Å². The lowest BCUT2D eigenvalue weighted by atomic mass is 9.67. The normalized spacial score (nSPS) is 13.7. The molecule has 0 radical (unpaired) electrons. The van der Waals surface area contributed by atoms with Gasteiger partial charge in [-0.25, -0.2) is 0 Å². The van der Waals surface area contributed by atoms with Gasteiger partial charge in [-0.3, -0.25) is 0 Å². The summed E-state index contributed by atoms with van der Waals surface area (Å²) in [5.74, 6) is 0. The summed E-state index contributed by atoms with van der Waals surface area (Å²) in [6.07, 6.45) is 0. The van der Waals surface area contributed by atoms with Gasteiger partial charge in [-0.2, -0.15) is 0 Å². The van der Waals surface area contributed by atoms with Gasteiger partial charge in [-0.15, -0.1) is 0 Å². The van der Waals surface area contributed by atoms with Gasteiger partial charge in [0, 0.05) is 22.3 Å². The smallest absolute Gasteiger partial charge is 0.143 e. The van der Waals surface area contributed by atoms with E-state index in [-0.39, 0.29) is 0 Å². The summed E-state index contributed by atoms with van der Waals surface area (Å²) in [5, 5.41) is 2.14. The van der Waals surface area contributed by atoms with Gasteiger partial charge in [0.05, 0.1) is 21.9 Å². The van der Waals surface area contributed by atoms with Crippen molar-refractivity contribution >= 4 is 39.0 Å². The van der Waals surface area contributed by atoms with E-state index in [1.165, 1.54) is 72.3 Å². The fraction of sp³-hybridized carbons (Fsp3) is 0.0294. The van der Waals surface area contributed by atoms with Crippen LogP contribution >= 0.6 is 0 Å². The number of hydrogen-bond acceptors (Lipinski definition) is 2. The lowest BCUT2D eigenvalue weighted by Crippen LogP contribution is -2.28. The lowest BCUT2D eigenvalue weighted by Gasteiger charge is -2.35. The molecule has 2 aliphatic rings. The maximum Gasteiger partial charge on any atom is 0.143 e. The Bertz CT molecular complexity index is 3850. The van der Waals surface area contributed by atoms with Gasteiger partial charge in [-0.1, -0.05) is 237 Å². The summed E-state index contributed by atoms with van der Waals surface area (Å²) < 4.78 is 7.40. The highest BCUT2D eigenvalue weighted by Crippen LogP contribution is 2.62. The first-order chi connectivity index (χ1) is 34.8. The topological polar surface area (TPSA) is 16.4 Å². The summed E-state index contributed by atoms with van der Waals surface area (Å²) in [5.41, 5.74) is 20.9. The number of nitrogens with zero attached hydrogens (tertiary/aromatic N) is 1. The van der Waals surface area contributed by atoms with Gasteiger partial charge in [0.1, 0.15) is 11.2 Å². The molecule has 2 nitrogen and oxygen atoms in total. The average Bonchev–Trinajstić information content (AvgIpc) is 4.08. The Morgan fingerprint density at radius 2 is 0.771 bits per heavy atom. The molecule has 0 bridgehead atoms. The van der Waals surface area contributed by atoms with E-state index in [1.807, 2.05) is 0 Å². The highest BCUT2D eigenvalue weighted by Gasteiger charge is 2.49. The molecule has 70 heavy (non-hydrogen) atoms. The van der Waals surface area contributed by atoms with Crippen LogP contribution in [0.2, 0.25) is 0 Å². The van der Waals surface area contributed by atoms with E-state index in [0.29, 0.717) is 0 Å². The summed E-state index contributed by atoms with van der Waals surface area (Å²) in [7, 11) is 0. The highest BCUT2D eigenvalue weighted by molar-refractivity contribution is 6.18. The minimum Gasteiger partial charge on any atom is -0.455 e. The van der Waals surface area contributed by atoms with E-state index in [9.17, 15) is 0 Å². The Kier molecular flexibility index (Phi) is 9.06. The number of hydrogen-bond donors (Lipinski definition) is 0. The lowest BCUT2D eigenvalue weighted by molar-refractivity contribution is 0.669. The van der Waals surface area contributed by atoms with E-state index < -0.39 is 10.8 Å². The third-order valence-electron chi connectivity index (χ3n) is 15.2. The maximum atomic E-state index is 7.40. The summed E-state index contributed by atoms with van der Waals surface area (Å²) in [4.78, 5) is 2.43. The van der Waals surface area contributed by atoms with Crippen LogP contribution in [0.5, 0.6) is 0 Å². The Hall–Kier alpha value is -8.98. The van der Waals surface area contributed by atoms with Crippen LogP contribution < -0.4 is 4.90 Å². The Morgan fingerprint density at radius 1 is 0.314 bits per heavy atom. The molecular formula is C68H45NO. The fourth-order valence-corrected chi connectivity index (χ4v) is 12.5. The average molecular weight is 892 g/mol. The molecule has 12 aromatic rings. The number of anilines is 3. The molecule has 0 N–H and O–H groups in total.